The summed E-state index contributed by atoms with van der Waals surface area (Å²) in [5, 5.41) is 4.37. The molecular formula is C15H19N3S. The Morgan fingerprint density at radius 1 is 1.47 bits per heavy atom. The maximum atomic E-state index is 4.08. The van der Waals surface area contributed by atoms with Crippen LogP contribution in [0.25, 0.3) is 0 Å². The second kappa shape index (κ2) is 5.70. The fourth-order valence-electron chi connectivity index (χ4n) is 2.49. The zero-order valence-electron chi connectivity index (χ0n) is 11.1. The van der Waals surface area contributed by atoms with Gasteiger partial charge in [0, 0.05) is 35.9 Å². The number of benzene rings is 1. The third-order valence-electron chi connectivity index (χ3n) is 3.58. The molecule has 1 aromatic carbocycles. The summed E-state index contributed by atoms with van der Waals surface area (Å²) in [5.41, 5.74) is 2.54. The molecule has 1 aliphatic rings. The Hall–Kier alpha value is -1.42. The molecule has 0 saturated carbocycles. The molecule has 1 aromatic heterocycles. The smallest absolute Gasteiger partial charge is 0.0949 e. The fraction of sp³-hybridized carbons (Fsp3) is 0.400. The second-order valence-corrected chi connectivity index (χ2v) is 6.54. The van der Waals surface area contributed by atoms with Gasteiger partial charge in [0.2, 0.25) is 0 Å². The lowest BCUT2D eigenvalue weighted by Gasteiger charge is -2.18. The molecule has 100 valence electrons. The second-order valence-electron chi connectivity index (χ2n) is 5.05. The van der Waals surface area contributed by atoms with E-state index in [4.69, 9.17) is 0 Å². The van der Waals surface area contributed by atoms with Crippen molar-refractivity contribution in [2.45, 2.75) is 31.2 Å². The van der Waals surface area contributed by atoms with Crippen molar-refractivity contribution in [1.29, 1.82) is 0 Å². The van der Waals surface area contributed by atoms with Gasteiger partial charge in [0.1, 0.15) is 0 Å². The molecule has 0 bridgehead atoms. The first-order chi connectivity index (χ1) is 9.31. The number of thioether (sulfide) groups is 1. The highest BCUT2D eigenvalue weighted by atomic mass is 32.2. The quantitative estimate of drug-likeness (QED) is 0.927. The normalized spacial score (nSPS) is 22.6. The van der Waals surface area contributed by atoms with Crippen LogP contribution in [0, 0.1) is 0 Å². The zero-order chi connectivity index (χ0) is 13.1. The predicted octanol–water partition coefficient (Wildman–Crippen LogP) is 3.24. The highest BCUT2D eigenvalue weighted by Crippen LogP contribution is 2.29. The van der Waals surface area contributed by atoms with E-state index in [9.17, 15) is 0 Å². The van der Waals surface area contributed by atoms with Crippen molar-refractivity contribution in [2.75, 3.05) is 11.1 Å². The number of nitrogens with one attached hydrogen (secondary N) is 1. The molecular weight excluding hydrogens is 254 g/mol. The van der Waals surface area contributed by atoms with Crippen molar-refractivity contribution in [1.82, 2.24) is 9.55 Å². The van der Waals surface area contributed by atoms with E-state index in [0.717, 1.165) is 6.54 Å². The van der Waals surface area contributed by atoms with Gasteiger partial charge in [-0.15, -0.1) is 0 Å². The lowest BCUT2D eigenvalue weighted by Crippen LogP contribution is -2.24. The highest BCUT2D eigenvalue weighted by Gasteiger charge is 2.23. The van der Waals surface area contributed by atoms with Gasteiger partial charge in [-0.1, -0.05) is 19.1 Å². The molecule has 19 heavy (non-hydrogen) atoms. The van der Waals surface area contributed by atoms with Crippen LogP contribution in [0.3, 0.4) is 0 Å². The minimum absolute atomic E-state index is 0.605. The number of anilines is 1. The SMILES string of the molecule is CC1SCCC1Nc1cccc(Cn2ccnc2)c1. The summed E-state index contributed by atoms with van der Waals surface area (Å²) in [6.07, 6.45) is 6.93. The molecule has 0 aliphatic carbocycles. The zero-order valence-corrected chi connectivity index (χ0v) is 11.9. The van der Waals surface area contributed by atoms with Crippen molar-refractivity contribution in [3.8, 4) is 0 Å². The van der Waals surface area contributed by atoms with E-state index in [0.29, 0.717) is 11.3 Å². The average molecular weight is 273 g/mol. The van der Waals surface area contributed by atoms with E-state index >= 15 is 0 Å². The van der Waals surface area contributed by atoms with Gasteiger partial charge in [0.05, 0.1) is 6.33 Å². The topological polar surface area (TPSA) is 29.9 Å². The maximum absolute atomic E-state index is 4.08. The molecule has 0 radical (unpaired) electrons. The van der Waals surface area contributed by atoms with Crippen molar-refractivity contribution < 1.29 is 0 Å². The lowest BCUT2D eigenvalue weighted by molar-refractivity contribution is 0.723. The summed E-state index contributed by atoms with van der Waals surface area (Å²) >= 11 is 2.06. The molecule has 1 fully saturated rings. The Morgan fingerprint density at radius 2 is 2.42 bits per heavy atom. The van der Waals surface area contributed by atoms with Gasteiger partial charge in [-0.2, -0.15) is 11.8 Å². The Balaban J connectivity index is 1.69. The molecule has 2 atom stereocenters. The molecule has 1 aliphatic heterocycles. The molecule has 4 heteroatoms. The van der Waals surface area contributed by atoms with Gasteiger partial charge in [-0.05, 0) is 29.9 Å². The van der Waals surface area contributed by atoms with E-state index < -0.39 is 0 Å². The van der Waals surface area contributed by atoms with Crippen LogP contribution < -0.4 is 5.32 Å². The Kier molecular flexibility index (Phi) is 3.78. The van der Waals surface area contributed by atoms with Crippen molar-refractivity contribution in [3.63, 3.8) is 0 Å². The van der Waals surface area contributed by atoms with Crippen molar-refractivity contribution >= 4 is 17.4 Å². The lowest BCUT2D eigenvalue weighted by atomic mass is 10.1. The van der Waals surface area contributed by atoms with Gasteiger partial charge in [-0.25, -0.2) is 4.98 Å². The van der Waals surface area contributed by atoms with Crippen LogP contribution in [0.2, 0.25) is 0 Å². The first kappa shape index (κ1) is 12.6. The fourth-order valence-corrected chi connectivity index (χ4v) is 3.68. The molecule has 0 spiro atoms. The van der Waals surface area contributed by atoms with E-state index in [2.05, 4.69) is 57.8 Å². The van der Waals surface area contributed by atoms with E-state index in [1.54, 1.807) is 0 Å². The van der Waals surface area contributed by atoms with Crippen molar-refractivity contribution in [3.05, 3.63) is 48.5 Å². The number of rotatable bonds is 4. The first-order valence-electron chi connectivity index (χ1n) is 6.74. The van der Waals surface area contributed by atoms with Crippen LogP contribution in [0.5, 0.6) is 0 Å². The van der Waals surface area contributed by atoms with Crippen LogP contribution in [-0.2, 0) is 6.54 Å². The van der Waals surface area contributed by atoms with E-state index in [1.165, 1.54) is 23.4 Å². The monoisotopic (exact) mass is 273 g/mol. The predicted molar refractivity (Wildman–Crippen MR) is 81.7 cm³/mol. The van der Waals surface area contributed by atoms with Crippen LogP contribution >= 0.6 is 11.8 Å². The Labute approximate surface area is 118 Å². The van der Waals surface area contributed by atoms with Gasteiger partial charge in [0.15, 0.2) is 0 Å². The summed E-state index contributed by atoms with van der Waals surface area (Å²) in [7, 11) is 0. The number of aromatic nitrogens is 2. The number of hydrogen-bond donors (Lipinski definition) is 1. The summed E-state index contributed by atoms with van der Waals surface area (Å²) in [6, 6.07) is 9.30. The molecule has 2 heterocycles. The van der Waals surface area contributed by atoms with Gasteiger partial charge < -0.3 is 9.88 Å². The van der Waals surface area contributed by atoms with Gasteiger partial charge >= 0.3 is 0 Å². The minimum atomic E-state index is 0.605. The summed E-state index contributed by atoms with van der Waals surface area (Å²) in [4.78, 5) is 4.08. The number of nitrogens with zero attached hydrogens (tertiary/aromatic N) is 2. The van der Waals surface area contributed by atoms with E-state index in [1.807, 2.05) is 18.7 Å². The van der Waals surface area contributed by atoms with Crippen LogP contribution in [-0.4, -0.2) is 26.6 Å². The molecule has 3 nitrogen and oxygen atoms in total. The average Bonchev–Trinajstić information content (AvgIpc) is 3.03. The minimum Gasteiger partial charge on any atom is -0.381 e. The summed E-state index contributed by atoms with van der Waals surface area (Å²) < 4.78 is 2.09. The van der Waals surface area contributed by atoms with Crippen LogP contribution in [0.4, 0.5) is 5.69 Å². The number of imidazole rings is 1. The Morgan fingerprint density at radius 3 is 3.16 bits per heavy atom. The summed E-state index contributed by atoms with van der Waals surface area (Å²) in [6.45, 7) is 3.19. The molecule has 2 unspecified atom stereocenters. The summed E-state index contributed by atoms with van der Waals surface area (Å²) in [5.74, 6) is 1.27. The van der Waals surface area contributed by atoms with Gasteiger partial charge in [0.25, 0.3) is 0 Å². The largest absolute Gasteiger partial charge is 0.381 e. The van der Waals surface area contributed by atoms with E-state index in [-0.39, 0.29) is 0 Å². The molecule has 1 N–H and O–H groups in total. The standard InChI is InChI=1S/C15H19N3S/c1-12-15(5-8-19-12)17-14-4-2-3-13(9-14)10-18-7-6-16-11-18/h2-4,6-7,9,11-12,15,17H,5,8,10H2,1H3. The molecule has 0 amide bonds. The highest BCUT2D eigenvalue weighted by molar-refractivity contribution is 8.00. The third-order valence-corrected chi connectivity index (χ3v) is 4.91. The first-order valence-corrected chi connectivity index (χ1v) is 7.79. The Bertz CT molecular complexity index is 524. The number of hydrogen-bond acceptors (Lipinski definition) is 3. The maximum Gasteiger partial charge on any atom is 0.0949 e. The van der Waals surface area contributed by atoms with Crippen molar-refractivity contribution in [2.24, 2.45) is 0 Å². The molecule has 2 aromatic rings. The van der Waals surface area contributed by atoms with Crippen LogP contribution in [0.15, 0.2) is 43.0 Å². The molecule has 3 rings (SSSR count). The van der Waals surface area contributed by atoms with Gasteiger partial charge in [-0.3, -0.25) is 0 Å². The third kappa shape index (κ3) is 3.13. The van der Waals surface area contributed by atoms with Crippen LogP contribution in [0.1, 0.15) is 18.9 Å². The molecule has 1 saturated heterocycles.